The Morgan fingerprint density at radius 3 is 2.70 bits per heavy atom. The molecule has 1 fully saturated rings. The van der Waals surface area contributed by atoms with Crippen LogP contribution in [0.25, 0.3) is 11.2 Å². The normalized spacial score (nSPS) is 28.8. The van der Waals surface area contributed by atoms with Crippen molar-refractivity contribution in [1.29, 1.82) is 0 Å². The van der Waals surface area contributed by atoms with Gasteiger partial charge in [-0.3, -0.25) is 9.09 Å². The molecular weight excluding hydrogens is 383 g/mol. The Labute approximate surface area is 153 Å². The highest BCUT2D eigenvalue weighted by atomic mass is 31.2. The van der Waals surface area contributed by atoms with Crippen LogP contribution in [-0.4, -0.2) is 78.0 Å². The Kier molecular flexibility index (Phi) is 4.89. The van der Waals surface area contributed by atoms with Gasteiger partial charge in [0.15, 0.2) is 23.2 Å². The van der Waals surface area contributed by atoms with E-state index in [4.69, 9.17) is 20.3 Å². The third-order valence-corrected chi connectivity index (χ3v) is 4.74. The molecule has 14 heteroatoms. The van der Waals surface area contributed by atoms with Crippen LogP contribution in [0.5, 0.6) is 0 Å². The second-order valence-corrected chi connectivity index (χ2v) is 7.85. The molecule has 0 bridgehead atoms. The lowest BCUT2D eigenvalue weighted by Crippen LogP contribution is -2.44. The number of fused-ring (bicyclic) bond motifs is 1. The third kappa shape index (κ3) is 3.62. The van der Waals surface area contributed by atoms with Crippen LogP contribution in [0.4, 0.5) is 11.8 Å². The van der Waals surface area contributed by atoms with Gasteiger partial charge in [-0.25, -0.2) is 9.55 Å². The largest absolute Gasteiger partial charge is 0.469 e. The van der Waals surface area contributed by atoms with E-state index in [2.05, 4.69) is 19.5 Å². The first-order valence-electron chi connectivity index (χ1n) is 7.85. The number of imidazole rings is 1. The minimum atomic E-state index is -4.76. The number of nitrogens with two attached hydrogens (primary N) is 1. The van der Waals surface area contributed by atoms with E-state index in [0.29, 0.717) is 11.3 Å². The lowest BCUT2D eigenvalue weighted by atomic mass is 9.96. The number of phosphoric acid groups is 1. The van der Waals surface area contributed by atoms with Crippen LogP contribution in [0.2, 0.25) is 0 Å². The number of nitrogen functional groups attached to an aromatic ring is 1. The lowest BCUT2D eigenvalue weighted by Gasteiger charge is -2.27. The maximum absolute atomic E-state index is 10.9. The number of aromatic nitrogens is 4. The average molecular weight is 404 g/mol. The molecule has 1 aliphatic heterocycles. The molecule has 0 saturated carbocycles. The molecule has 1 aliphatic rings. The first-order valence-corrected chi connectivity index (χ1v) is 9.38. The van der Waals surface area contributed by atoms with E-state index in [-0.39, 0.29) is 11.6 Å². The summed E-state index contributed by atoms with van der Waals surface area (Å²) in [6.07, 6.45) is -2.49. The Bertz CT molecular complexity index is 897. The van der Waals surface area contributed by atoms with Crippen LogP contribution in [0, 0.1) is 0 Å². The van der Waals surface area contributed by atoms with Crippen LogP contribution in [0.15, 0.2) is 6.33 Å². The minimum Gasteiger partial charge on any atom is -0.387 e. The Balaban J connectivity index is 1.99. The van der Waals surface area contributed by atoms with E-state index < -0.39 is 38.5 Å². The van der Waals surface area contributed by atoms with Gasteiger partial charge in [0.2, 0.25) is 5.95 Å². The van der Waals surface area contributed by atoms with Crippen LogP contribution in [-0.2, 0) is 13.8 Å². The summed E-state index contributed by atoms with van der Waals surface area (Å²) >= 11 is 0. The third-order valence-electron chi connectivity index (χ3n) is 4.26. The Morgan fingerprint density at radius 2 is 2.11 bits per heavy atom. The predicted octanol–water partition coefficient (Wildman–Crippen LogP) is -1.41. The Morgan fingerprint density at radius 1 is 1.44 bits per heavy atom. The summed E-state index contributed by atoms with van der Waals surface area (Å²) in [5.41, 5.74) is 4.60. The van der Waals surface area contributed by atoms with Gasteiger partial charge < -0.3 is 35.4 Å². The number of nitrogens with zero attached hydrogens (tertiary/aromatic N) is 5. The van der Waals surface area contributed by atoms with Gasteiger partial charge in [-0.05, 0) is 6.92 Å². The number of hydrogen-bond acceptors (Lipinski definition) is 10. The number of anilines is 2. The molecule has 0 spiro atoms. The summed E-state index contributed by atoms with van der Waals surface area (Å²) in [6, 6.07) is 0. The fraction of sp³-hybridized carbons (Fsp3) is 0.615. The number of rotatable bonds is 5. The molecular formula is C13H21N6O7P. The van der Waals surface area contributed by atoms with E-state index in [1.165, 1.54) is 17.8 Å². The highest BCUT2D eigenvalue weighted by molar-refractivity contribution is 7.46. The van der Waals surface area contributed by atoms with Gasteiger partial charge in [-0.2, -0.15) is 9.97 Å². The van der Waals surface area contributed by atoms with Crippen molar-refractivity contribution in [2.45, 2.75) is 31.0 Å². The van der Waals surface area contributed by atoms with Crippen molar-refractivity contribution in [2.24, 2.45) is 0 Å². The molecule has 3 heterocycles. The molecule has 4 atom stereocenters. The van der Waals surface area contributed by atoms with Gasteiger partial charge in [-0.15, -0.1) is 0 Å². The molecule has 0 aromatic carbocycles. The zero-order valence-corrected chi connectivity index (χ0v) is 15.7. The van der Waals surface area contributed by atoms with Gasteiger partial charge in [0, 0.05) is 14.1 Å². The van der Waals surface area contributed by atoms with E-state index in [1.54, 1.807) is 19.0 Å². The quantitative estimate of drug-likeness (QED) is 0.367. The molecule has 27 heavy (non-hydrogen) atoms. The minimum absolute atomic E-state index is 0.0208. The highest BCUT2D eigenvalue weighted by Crippen LogP contribution is 2.42. The molecule has 2 aromatic heterocycles. The number of ether oxygens (including phenoxy) is 1. The molecule has 6 N–H and O–H groups in total. The fourth-order valence-corrected chi connectivity index (χ4v) is 3.29. The van der Waals surface area contributed by atoms with E-state index in [1.807, 2.05) is 0 Å². The van der Waals surface area contributed by atoms with Crippen molar-refractivity contribution in [2.75, 3.05) is 31.3 Å². The van der Waals surface area contributed by atoms with Crippen LogP contribution >= 0.6 is 7.82 Å². The molecule has 0 radical (unpaired) electrons. The first kappa shape index (κ1) is 19.9. The molecule has 0 amide bonds. The van der Waals surface area contributed by atoms with Gasteiger partial charge in [0.25, 0.3) is 0 Å². The number of aliphatic hydroxyl groups excluding tert-OH is 1. The molecule has 2 aromatic rings. The van der Waals surface area contributed by atoms with Gasteiger partial charge in [-0.1, -0.05) is 0 Å². The summed E-state index contributed by atoms with van der Waals surface area (Å²) < 4.78 is 22.3. The molecule has 0 aliphatic carbocycles. The van der Waals surface area contributed by atoms with Gasteiger partial charge in [0.1, 0.15) is 17.8 Å². The van der Waals surface area contributed by atoms with E-state index in [9.17, 15) is 14.8 Å². The van der Waals surface area contributed by atoms with E-state index >= 15 is 0 Å². The van der Waals surface area contributed by atoms with Crippen molar-refractivity contribution in [1.82, 2.24) is 19.5 Å². The summed E-state index contributed by atoms with van der Waals surface area (Å²) in [7, 11) is -1.26. The summed E-state index contributed by atoms with van der Waals surface area (Å²) in [5, 5.41) is 21.1. The second kappa shape index (κ2) is 6.63. The zero-order chi connectivity index (χ0) is 20.1. The van der Waals surface area contributed by atoms with Crippen molar-refractivity contribution in [3.63, 3.8) is 0 Å². The summed E-state index contributed by atoms with van der Waals surface area (Å²) in [6.45, 7) is 0.702. The monoisotopic (exact) mass is 404 g/mol. The standard InChI is InChI=1S/C13H21N6O7P/c1-13(21)8(20)6(4-25-27(22,23)24)26-11(13)19-5-15-7-9(18(2)3)16-12(14)17-10(7)19/h5-6,8,11,20-21H,4H2,1-3H3,(H2,14,16,17)(H2,22,23,24)/t6-,8-,11-,13-/m1/s1. The van der Waals surface area contributed by atoms with Crippen LogP contribution in [0.1, 0.15) is 13.2 Å². The number of hydrogen-bond donors (Lipinski definition) is 5. The van der Waals surface area contributed by atoms with Gasteiger partial charge in [0.05, 0.1) is 12.9 Å². The van der Waals surface area contributed by atoms with Crippen molar-refractivity contribution < 1.29 is 33.8 Å². The maximum Gasteiger partial charge on any atom is 0.469 e. The van der Waals surface area contributed by atoms with Crippen molar-refractivity contribution in [3.05, 3.63) is 6.33 Å². The average Bonchev–Trinajstić information content (AvgIpc) is 3.04. The van der Waals surface area contributed by atoms with Crippen LogP contribution < -0.4 is 10.6 Å². The van der Waals surface area contributed by atoms with Crippen molar-refractivity contribution in [3.8, 4) is 0 Å². The number of aliphatic hydroxyl groups is 2. The molecule has 3 rings (SSSR count). The lowest BCUT2D eigenvalue weighted by molar-refractivity contribution is -0.0949. The maximum atomic E-state index is 10.9. The predicted molar refractivity (Wildman–Crippen MR) is 92.6 cm³/mol. The highest BCUT2D eigenvalue weighted by Gasteiger charge is 2.54. The SMILES string of the molecule is CN(C)c1nc(N)nc2c1ncn2[C@@H]1O[C@H](COP(=O)(O)O)[C@@H](O)[C@@]1(C)O. The fourth-order valence-electron chi connectivity index (χ4n) is 2.95. The van der Waals surface area contributed by atoms with Crippen LogP contribution in [0.3, 0.4) is 0 Å². The molecule has 13 nitrogen and oxygen atoms in total. The van der Waals surface area contributed by atoms with E-state index in [0.717, 1.165) is 0 Å². The summed E-state index contributed by atoms with van der Waals surface area (Å²) in [5.74, 6) is 0.434. The Hall–Kier alpha value is -1.86. The molecule has 150 valence electrons. The second-order valence-electron chi connectivity index (χ2n) is 6.61. The zero-order valence-electron chi connectivity index (χ0n) is 14.8. The van der Waals surface area contributed by atoms with Gasteiger partial charge >= 0.3 is 7.82 Å². The topological polar surface area (TPSA) is 189 Å². The summed E-state index contributed by atoms with van der Waals surface area (Å²) in [4.78, 5) is 31.9. The number of phosphoric ester groups is 1. The van der Waals surface area contributed by atoms with Crippen molar-refractivity contribution >= 4 is 30.8 Å². The molecule has 1 saturated heterocycles. The first-order chi connectivity index (χ1) is 12.4. The molecule has 0 unspecified atom stereocenters. The smallest absolute Gasteiger partial charge is 0.387 e.